The van der Waals surface area contributed by atoms with Crippen molar-refractivity contribution in [3.63, 3.8) is 0 Å². The molecule has 4 atom stereocenters. The number of nitrogens with two attached hydrogens (primary N) is 2. The van der Waals surface area contributed by atoms with E-state index in [-0.39, 0.29) is 42.7 Å². The molecule has 3 amide bonds. The number of hydrogen-bond acceptors (Lipinski definition) is 6. The first-order valence-electron chi connectivity index (χ1n) is 11.5. The van der Waals surface area contributed by atoms with E-state index in [9.17, 15) is 24.3 Å². The van der Waals surface area contributed by atoms with Gasteiger partial charge in [0.25, 0.3) is 0 Å². The van der Waals surface area contributed by atoms with Crippen molar-refractivity contribution in [2.75, 3.05) is 19.6 Å². The highest BCUT2D eigenvalue weighted by atomic mass is 16.4. The van der Waals surface area contributed by atoms with Crippen molar-refractivity contribution in [1.82, 2.24) is 20.9 Å². The third kappa shape index (κ3) is 7.58. The fourth-order valence-corrected chi connectivity index (χ4v) is 4.19. The van der Waals surface area contributed by atoms with Crippen LogP contribution in [0.1, 0.15) is 52.4 Å². The Morgan fingerprint density at radius 2 is 1.85 bits per heavy atom. The van der Waals surface area contributed by atoms with Gasteiger partial charge in [0.1, 0.15) is 18.1 Å². The summed E-state index contributed by atoms with van der Waals surface area (Å²) >= 11 is 0. The van der Waals surface area contributed by atoms with Gasteiger partial charge in [-0.2, -0.15) is 0 Å². The quantitative estimate of drug-likeness (QED) is 0.120. The summed E-state index contributed by atoms with van der Waals surface area (Å²) in [7, 11) is 0. The van der Waals surface area contributed by atoms with Gasteiger partial charge in [-0.15, -0.1) is 0 Å². The van der Waals surface area contributed by atoms with E-state index in [1.165, 1.54) is 4.90 Å². The van der Waals surface area contributed by atoms with E-state index in [1.54, 1.807) is 0 Å². The van der Waals surface area contributed by atoms with Crippen molar-refractivity contribution < 1.29 is 24.3 Å². The molecule has 0 aromatic rings. The number of amides is 3. The van der Waals surface area contributed by atoms with E-state index < -0.39 is 30.0 Å². The van der Waals surface area contributed by atoms with Gasteiger partial charge in [-0.1, -0.05) is 13.8 Å². The van der Waals surface area contributed by atoms with Crippen LogP contribution in [0, 0.1) is 5.92 Å². The Morgan fingerprint density at radius 1 is 1.12 bits per heavy atom. The second-order valence-electron chi connectivity index (χ2n) is 8.92. The molecular formula is C21H37N7O5. The largest absolute Gasteiger partial charge is 0.480 e. The second-order valence-corrected chi connectivity index (χ2v) is 8.92. The first kappa shape index (κ1) is 26.4. The number of aliphatic carboxylic acids is 1. The van der Waals surface area contributed by atoms with Gasteiger partial charge in [0, 0.05) is 13.1 Å². The minimum atomic E-state index is -1.17. The summed E-state index contributed by atoms with van der Waals surface area (Å²) in [5.74, 6) is -2.47. The van der Waals surface area contributed by atoms with Crippen LogP contribution in [-0.2, 0) is 19.2 Å². The number of carboxylic acids is 1. The van der Waals surface area contributed by atoms with Crippen molar-refractivity contribution in [1.29, 1.82) is 0 Å². The average molecular weight is 468 g/mol. The highest BCUT2D eigenvalue weighted by Gasteiger charge is 2.40. The van der Waals surface area contributed by atoms with Crippen LogP contribution in [0.15, 0.2) is 4.99 Å². The molecule has 33 heavy (non-hydrogen) atoms. The predicted molar refractivity (Wildman–Crippen MR) is 122 cm³/mol. The minimum Gasteiger partial charge on any atom is -0.480 e. The molecule has 0 aromatic heterocycles. The van der Waals surface area contributed by atoms with Crippen LogP contribution in [0.2, 0.25) is 0 Å². The molecule has 186 valence electrons. The molecule has 2 aliphatic heterocycles. The molecule has 0 spiro atoms. The lowest BCUT2D eigenvalue weighted by atomic mass is 10.0. The van der Waals surface area contributed by atoms with Crippen LogP contribution in [0.25, 0.3) is 0 Å². The maximum atomic E-state index is 13.3. The third-order valence-corrected chi connectivity index (χ3v) is 6.01. The van der Waals surface area contributed by atoms with Gasteiger partial charge in [0.15, 0.2) is 5.96 Å². The molecule has 12 heteroatoms. The number of aliphatic imine (C=N–C) groups is 1. The Bertz CT molecular complexity index is 747. The fourth-order valence-electron chi connectivity index (χ4n) is 4.19. The summed E-state index contributed by atoms with van der Waals surface area (Å²) in [6.45, 7) is 5.07. The minimum absolute atomic E-state index is 0.0819. The van der Waals surface area contributed by atoms with E-state index in [4.69, 9.17) is 11.5 Å². The summed E-state index contributed by atoms with van der Waals surface area (Å²) in [5, 5.41) is 18.0. The summed E-state index contributed by atoms with van der Waals surface area (Å²) in [4.78, 5) is 55.7. The van der Waals surface area contributed by atoms with Gasteiger partial charge >= 0.3 is 5.97 Å². The van der Waals surface area contributed by atoms with E-state index in [0.717, 1.165) is 19.4 Å². The molecule has 2 heterocycles. The molecule has 8 N–H and O–H groups in total. The molecule has 2 saturated heterocycles. The maximum Gasteiger partial charge on any atom is 0.326 e. The fraction of sp³-hybridized carbons (Fsp3) is 0.762. The Hall–Kier alpha value is -2.89. The van der Waals surface area contributed by atoms with Gasteiger partial charge < -0.3 is 37.4 Å². The number of carbonyl (C=O) groups excluding carboxylic acids is 3. The van der Waals surface area contributed by atoms with E-state index in [1.807, 2.05) is 13.8 Å². The summed E-state index contributed by atoms with van der Waals surface area (Å²) in [6, 6.07) is -2.96. The SMILES string of the molecule is CC(C)[C@H](NC(=O)[C@@H]1CCCN1)C(=O)N1CCC[C@H]1C(=O)N[C@@H](CCCN=C(N)N)C(=O)O. The van der Waals surface area contributed by atoms with Crippen molar-refractivity contribution in [2.24, 2.45) is 22.4 Å². The lowest BCUT2D eigenvalue weighted by Gasteiger charge is -2.31. The molecule has 0 saturated carbocycles. The van der Waals surface area contributed by atoms with Crippen molar-refractivity contribution >= 4 is 29.7 Å². The molecule has 2 rings (SSSR count). The standard InChI is InChI=1S/C21H37N7O5/c1-12(2)16(27-17(29)13-6-3-9-24-13)19(31)28-11-5-8-15(28)18(30)26-14(20(32)33)7-4-10-25-21(22)23/h12-16,24H,3-11H2,1-2H3,(H,26,30)(H,27,29)(H,32,33)(H4,22,23,25)/t13-,14-,15-,16-/m0/s1. The van der Waals surface area contributed by atoms with E-state index in [0.29, 0.717) is 25.8 Å². The van der Waals surface area contributed by atoms with Gasteiger partial charge in [-0.25, -0.2) is 4.79 Å². The first-order valence-corrected chi connectivity index (χ1v) is 11.5. The Balaban J connectivity index is 2.01. The maximum absolute atomic E-state index is 13.3. The van der Waals surface area contributed by atoms with Crippen LogP contribution in [0.4, 0.5) is 0 Å². The summed E-state index contributed by atoms with van der Waals surface area (Å²) in [6.07, 6.45) is 3.20. The number of hydrogen-bond donors (Lipinski definition) is 6. The van der Waals surface area contributed by atoms with E-state index >= 15 is 0 Å². The molecule has 2 fully saturated rings. The van der Waals surface area contributed by atoms with Gasteiger partial charge in [-0.05, 0) is 51.0 Å². The molecule has 0 aliphatic carbocycles. The molecule has 0 aromatic carbocycles. The molecule has 2 aliphatic rings. The average Bonchev–Trinajstić information content (AvgIpc) is 3.45. The highest BCUT2D eigenvalue weighted by molar-refractivity contribution is 5.94. The smallest absolute Gasteiger partial charge is 0.326 e. The number of nitrogens with zero attached hydrogens (tertiary/aromatic N) is 2. The molecular weight excluding hydrogens is 430 g/mol. The van der Waals surface area contributed by atoms with Crippen LogP contribution in [-0.4, -0.2) is 83.5 Å². The number of rotatable bonds is 11. The molecule has 0 bridgehead atoms. The highest BCUT2D eigenvalue weighted by Crippen LogP contribution is 2.21. The number of guanidine groups is 1. The zero-order chi connectivity index (χ0) is 24.5. The summed E-state index contributed by atoms with van der Waals surface area (Å²) < 4.78 is 0. The topological polar surface area (TPSA) is 192 Å². The number of carbonyl (C=O) groups is 4. The molecule has 0 radical (unpaired) electrons. The van der Waals surface area contributed by atoms with Crippen molar-refractivity contribution in [2.45, 2.75) is 76.5 Å². The Kier molecular flexibility index (Phi) is 9.89. The number of nitrogens with one attached hydrogen (secondary N) is 3. The molecule has 0 unspecified atom stereocenters. The summed E-state index contributed by atoms with van der Waals surface area (Å²) in [5.41, 5.74) is 10.5. The lowest BCUT2D eigenvalue weighted by molar-refractivity contribution is -0.145. The number of carboxylic acid groups (broad SMARTS) is 1. The van der Waals surface area contributed by atoms with Gasteiger partial charge in [-0.3, -0.25) is 19.4 Å². The Labute approximate surface area is 193 Å². The van der Waals surface area contributed by atoms with E-state index in [2.05, 4.69) is 20.9 Å². The van der Waals surface area contributed by atoms with Crippen LogP contribution >= 0.6 is 0 Å². The lowest BCUT2D eigenvalue weighted by Crippen LogP contribution is -2.58. The second kappa shape index (κ2) is 12.4. The normalized spacial score (nSPS) is 22.0. The van der Waals surface area contributed by atoms with Crippen LogP contribution in [0.5, 0.6) is 0 Å². The number of likely N-dealkylation sites (tertiary alicyclic amines) is 1. The zero-order valence-electron chi connectivity index (χ0n) is 19.4. The first-order chi connectivity index (χ1) is 15.6. The van der Waals surface area contributed by atoms with Crippen LogP contribution in [0.3, 0.4) is 0 Å². The monoisotopic (exact) mass is 467 g/mol. The van der Waals surface area contributed by atoms with Crippen molar-refractivity contribution in [3.8, 4) is 0 Å². The Morgan fingerprint density at radius 3 is 2.42 bits per heavy atom. The van der Waals surface area contributed by atoms with Gasteiger partial charge in [0.05, 0.1) is 6.04 Å². The molecule has 12 nitrogen and oxygen atoms in total. The predicted octanol–water partition coefficient (Wildman–Crippen LogP) is -1.51. The van der Waals surface area contributed by atoms with Crippen LogP contribution < -0.4 is 27.4 Å². The third-order valence-electron chi connectivity index (χ3n) is 6.01. The van der Waals surface area contributed by atoms with Crippen molar-refractivity contribution in [3.05, 3.63) is 0 Å². The van der Waals surface area contributed by atoms with Gasteiger partial charge in [0.2, 0.25) is 17.7 Å². The zero-order valence-corrected chi connectivity index (χ0v) is 19.4.